The number of carbonyl (C=O) groups excluding carboxylic acids is 4. The van der Waals surface area contributed by atoms with Crippen LogP contribution in [0.15, 0.2) is 0 Å². The van der Waals surface area contributed by atoms with Gasteiger partial charge in [0.05, 0.1) is 32.8 Å². The highest BCUT2D eigenvalue weighted by Gasteiger charge is 2.19. The van der Waals surface area contributed by atoms with Gasteiger partial charge in [-0.1, -0.05) is 27.2 Å². The van der Waals surface area contributed by atoms with Crippen LogP contribution in [0.5, 0.6) is 0 Å². The predicted octanol–water partition coefficient (Wildman–Crippen LogP) is -1.92. The summed E-state index contributed by atoms with van der Waals surface area (Å²) in [7, 11) is 2.00. The molecular formula is C27H57N7O9. The van der Waals surface area contributed by atoms with Crippen molar-refractivity contribution in [2.45, 2.75) is 33.6 Å². The molecule has 1 rings (SSSR count). The number of carbonyl (C=O) groups is 5. The highest BCUT2D eigenvalue weighted by atomic mass is 16.7. The van der Waals surface area contributed by atoms with Crippen LogP contribution in [0.4, 0.5) is 4.79 Å². The molecule has 1 saturated heterocycles. The summed E-state index contributed by atoms with van der Waals surface area (Å²) in [6, 6.07) is -0.289. The van der Waals surface area contributed by atoms with Crippen molar-refractivity contribution in [1.82, 2.24) is 35.7 Å². The summed E-state index contributed by atoms with van der Waals surface area (Å²) in [6.45, 7) is 11.3. The molecule has 0 bridgehead atoms. The van der Waals surface area contributed by atoms with Gasteiger partial charge in [-0.2, -0.15) is 0 Å². The number of urea groups is 1. The average Bonchev–Trinajstić information content (AvgIpc) is 3.01. The maximum absolute atomic E-state index is 12.4. The molecule has 0 saturated carbocycles. The number of aliphatic carboxylic acids is 1. The molecule has 1 fully saturated rings. The van der Waals surface area contributed by atoms with Crippen LogP contribution in [-0.4, -0.2) is 178 Å². The number of carboxylic acid groups (broad SMARTS) is 1. The van der Waals surface area contributed by atoms with Crippen LogP contribution < -0.4 is 16.1 Å². The molecule has 0 spiro atoms. The Morgan fingerprint density at radius 2 is 1.14 bits per heavy atom. The van der Waals surface area contributed by atoms with E-state index in [2.05, 4.69) is 16.1 Å². The lowest BCUT2D eigenvalue weighted by molar-refractivity contribution is -0.139. The zero-order chi connectivity index (χ0) is 33.3. The van der Waals surface area contributed by atoms with E-state index in [0.717, 1.165) is 39.6 Å². The molecule has 0 unspecified atom stereocenters. The maximum atomic E-state index is 12.4. The Hall–Kier alpha value is -2.73. The van der Waals surface area contributed by atoms with E-state index in [1.165, 1.54) is 0 Å². The number of aliphatic hydroxyl groups is 2. The van der Waals surface area contributed by atoms with Gasteiger partial charge in [-0.25, -0.2) is 10.3 Å². The van der Waals surface area contributed by atoms with Crippen molar-refractivity contribution >= 4 is 30.5 Å². The van der Waals surface area contributed by atoms with E-state index in [1.807, 2.05) is 35.5 Å². The van der Waals surface area contributed by atoms with Crippen LogP contribution in [0.25, 0.3) is 0 Å². The Morgan fingerprint density at radius 1 is 0.721 bits per heavy atom. The molecule has 6 N–H and O–H groups in total. The lowest BCUT2D eigenvalue weighted by Crippen LogP contribution is -2.49. The molecule has 0 aromatic rings. The summed E-state index contributed by atoms with van der Waals surface area (Å²) in [4.78, 5) is 70.3. The summed E-state index contributed by atoms with van der Waals surface area (Å²) < 4.78 is 0. The lowest BCUT2D eigenvalue weighted by atomic mass is 10.3. The third-order valence-corrected chi connectivity index (χ3v) is 5.81. The molecule has 16 heteroatoms. The number of nitrogens with zero attached hydrogens (tertiary/aromatic N) is 4. The largest absolute Gasteiger partial charge is 0.480 e. The van der Waals surface area contributed by atoms with Crippen molar-refractivity contribution in [3.63, 3.8) is 0 Å². The number of nitrogens with one attached hydrogen (secondary N) is 3. The smallest absolute Gasteiger partial charge is 0.317 e. The topological polar surface area (TPSA) is 204 Å². The number of hydrogen-bond donors (Lipinski definition) is 6. The van der Waals surface area contributed by atoms with Gasteiger partial charge in [0.1, 0.15) is 12.6 Å². The standard InChI is InChI=1S/C23H43N7O7.C2H6.2CH4O/c1-2-3-4-24-23(36)25-5-18-37-26-21(33)19-29-10-8-27(14-16-31)6-7-28(15-17-32)9-11-30(13-12-29)20-22(34)35;3*1-2/h16-17H,2-15,18-20H2,1H3,(H,26,33)(H,34,35)(H2,24,25,36);1-2H3;2*2H,1H3. The van der Waals surface area contributed by atoms with Crippen molar-refractivity contribution in [3.05, 3.63) is 0 Å². The monoisotopic (exact) mass is 623 g/mol. The van der Waals surface area contributed by atoms with Gasteiger partial charge in [0.15, 0.2) is 0 Å². The fourth-order valence-corrected chi connectivity index (χ4v) is 3.69. The lowest BCUT2D eigenvalue weighted by Gasteiger charge is -2.32. The molecule has 0 aromatic heterocycles. The van der Waals surface area contributed by atoms with Gasteiger partial charge in [-0.15, -0.1) is 0 Å². The van der Waals surface area contributed by atoms with E-state index >= 15 is 0 Å². The third-order valence-electron chi connectivity index (χ3n) is 5.81. The molecule has 254 valence electrons. The first-order chi connectivity index (χ1) is 20.9. The molecule has 0 atom stereocenters. The van der Waals surface area contributed by atoms with Crippen LogP contribution >= 0.6 is 0 Å². The van der Waals surface area contributed by atoms with Crippen molar-refractivity contribution in [2.75, 3.05) is 112 Å². The number of hydroxylamine groups is 1. The summed E-state index contributed by atoms with van der Waals surface area (Å²) in [5, 5.41) is 28.6. The molecule has 16 nitrogen and oxygen atoms in total. The minimum absolute atomic E-state index is 0.0258. The molecule has 0 aliphatic carbocycles. The highest BCUT2D eigenvalue weighted by Crippen LogP contribution is 2.00. The molecule has 43 heavy (non-hydrogen) atoms. The number of unbranched alkanes of at least 4 members (excludes halogenated alkanes) is 1. The average molecular weight is 624 g/mol. The number of rotatable bonds is 15. The minimum atomic E-state index is -0.948. The molecule has 0 radical (unpaired) electrons. The normalized spacial score (nSPS) is 15.2. The first-order valence-electron chi connectivity index (χ1n) is 14.7. The van der Waals surface area contributed by atoms with Crippen molar-refractivity contribution < 1.29 is 44.1 Å². The van der Waals surface area contributed by atoms with Crippen LogP contribution in [0, 0.1) is 0 Å². The van der Waals surface area contributed by atoms with E-state index in [0.29, 0.717) is 58.9 Å². The summed E-state index contributed by atoms with van der Waals surface area (Å²) >= 11 is 0. The summed E-state index contributed by atoms with van der Waals surface area (Å²) in [5.41, 5.74) is 2.37. The molecule has 0 aromatic carbocycles. The van der Waals surface area contributed by atoms with Crippen LogP contribution in [-0.2, 0) is 24.0 Å². The van der Waals surface area contributed by atoms with Gasteiger partial charge in [0, 0.05) is 79.7 Å². The Kier molecular flexibility index (Phi) is 35.1. The summed E-state index contributed by atoms with van der Waals surface area (Å²) in [6.07, 6.45) is 3.53. The fourth-order valence-electron chi connectivity index (χ4n) is 3.69. The first kappa shape index (κ1) is 44.7. The third kappa shape index (κ3) is 27.8. The summed E-state index contributed by atoms with van der Waals surface area (Å²) in [5.74, 6) is -1.32. The van der Waals surface area contributed by atoms with Gasteiger partial charge in [-0.3, -0.25) is 34.0 Å². The Balaban J connectivity index is -0.00000250. The Labute approximate surface area is 256 Å². The van der Waals surface area contributed by atoms with Crippen molar-refractivity contribution in [1.29, 1.82) is 0 Å². The van der Waals surface area contributed by atoms with E-state index in [1.54, 1.807) is 4.90 Å². The fraction of sp³-hybridized carbons (Fsp3) is 0.815. The van der Waals surface area contributed by atoms with Gasteiger partial charge < -0.3 is 35.5 Å². The molecule has 1 aliphatic rings. The second-order valence-corrected chi connectivity index (χ2v) is 8.79. The minimum Gasteiger partial charge on any atom is -0.480 e. The Morgan fingerprint density at radius 3 is 1.56 bits per heavy atom. The van der Waals surface area contributed by atoms with Crippen molar-refractivity contribution in [2.24, 2.45) is 0 Å². The van der Waals surface area contributed by atoms with Gasteiger partial charge in [0.25, 0.3) is 5.91 Å². The number of amides is 3. The Bertz CT molecular complexity index is 706. The first-order valence-corrected chi connectivity index (χ1v) is 14.7. The van der Waals surface area contributed by atoms with Crippen LogP contribution in [0.3, 0.4) is 0 Å². The number of aldehydes is 2. The predicted molar refractivity (Wildman–Crippen MR) is 164 cm³/mol. The van der Waals surface area contributed by atoms with E-state index < -0.39 is 5.97 Å². The van der Waals surface area contributed by atoms with Gasteiger partial charge >= 0.3 is 12.0 Å². The maximum Gasteiger partial charge on any atom is 0.317 e. The molecule has 3 amide bonds. The molecule has 1 aliphatic heterocycles. The second-order valence-electron chi connectivity index (χ2n) is 8.79. The molecular weight excluding hydrogens is 566 g/mol. The van der Waals surface area contributed by atoms with Gasteiger partial charge in [-0.05, 0) is 6.42 Å². The number of carboxylic acids is 1. The second kappa shape index (κ2) is 33.8. The number of aliphatic hydroxyl groups excluding tert-OH is 2. The quantitative estimate of drug-likeness (QED) is 0.0670. The van der Waals surface area contributed by atoms with Gasteiger partial charge in [0.2, 0.25) is 0 Å². The zero-order valence-corrected chi connectivity index (χ0v) is 26.8. The molecule has 1 heterocycles. The van der Waals surface area contributed by atoms with Crippen molar-refractivity contribution in [3.8, 4) is 0 Å². The van der Waals surface area contributed by atoms with E-state index in [9.17, 15) is 29.1 Å². The van der Waals surface area contributed by atoms with Crippen LogP contribution in [0.1, 0.15) is 33.6 Å². The zero-order valence-electron chi connectivity index (χ0n) is 26.8. The van der Waals surface area contributed by atoms with Crippen LogP contribution in [0.2, 0.25) is 0 Å². The highest BCUT2D eigenvalue weighted by molar-refractivity contribution is 5.77. The SMILES string of the molecule is CC.CCCCNC(=O)NCCONC(=O)CN1CCN(CC=O)CCN(CC=O)CCN(CC(=O)O)CC1.CO.CO. The number of hydrogen-bond acceptors (Lipinski definition) is 12. The van der Waals surface area contributed by atoms with E-state index in [4.69, 9.17) is 15.1 Å². The van der Waals surface area contributed by atoms with E-state index in [-0.39, 0.29) is 51.3 Å².